The molecule has 4 rings (SSSR count). The highest BCUT2D eigenvalue weighted by Crippen LogP contribution is 2.25. The Morgan fingerprint density at radius 1 is 1.14 bits per heavy atom. The molecule has 2 amide bonds. The Balaban J connectivity index is 1.34. The van der Waals surface area contributed by atoms with Gasteiger partial charge >= 0.3 is 6.03 Å². The molecule has 1 aliphatic heterocycles. The molecule has 0 radical (unpaired) electrons. The van der Waals surface area contributed by atoms with E-state index in [2.05, 4.69) is 31.7 Å². The third-order valence-corrected chi connectivity index (χ3v) is 5.34. The van der Waals surface area contributed by atoms with Crippen molar-refractivity contribution in [2.75, 3.05) is 38.6 Å². The number of urea groups is 1. The number of ether oxygens (including phenoxy) is 1. The van der Waals surface area contributed by atoms with Crippen LogP contribution in [0.2, 0.25) is 0 Å². The standard InChI is InChI=1S/C21H26N6O2/c1-3-26-9-8-22-19(26)15-25-10-12-27(13-11-25)21(28)24-17-4-5-18-16(14-17)6-7-23-20(18)29-2/h4-9,14H,3,10-13,15H2,1-2H3,(H,24,28). The van der Waals surface area contributed by atoms with Gasteiger partial charge in [0, 0.05) is 62.4 Å². The number of rotatable bonds is 5. The van der Waals surface area contributed by atoms with Crippen molar-refractivity contribution < 1.29 is 9.53 Å². The molecular formula is C21H26N6O2. The van der Waals surface area contributed by atoms with E-state index in [1.165, 1.54) is 0 Å². The summed E-state index contributed by atoms with van der Waals surface area (Å²) < 4.78 is 7.44. The van der Waals surface area contributed by atoms with E-state index in [0.717, 1.165) is 48.5 Å². The van der Waals surface area contributed by atoms with Crippen molar-refractivity contribution in [2.24, 2.45) is 0 Å². The van der Waals surface area contributed by atoms with Crippen LogP contribution >= 0.6 is 0 Å². The van der Waals surface area contributed by atoms with E-state index < -0.39 is 0 Å². The van der Waals surface area contributed by atoms with Crippen molar-refractivity contribution in [3.63, 3.8) is 0 Å². The highest BCUT2D eigenvalue weighted by atomic mass is 16.5. The van der Waals surface area contributed by atoms with E-state index in [1.807, 2.05) is 41.6 Å². The summed E-state index contributed by atoms with van der Waals surface area (Å²) in [7, 11) is 1.60. The maximum atomic E-state index is 12.7. The number of carbonyl (C=O) groups excluding carboxylic acids is 1. The van der Waals surface area contributed by atoms with Crippen LogP contribution in [0.3, 0.4) is 0 Å². The monoisotopic (exact) mass is 394 g/mol. The van der Waals surface area contributed by atoms with E-state index in [4.69, 9.17) is 4.74 Å². The van der Waals surface area contributed by atoms with Gasteiger partial charge in [0.15, 0.2) is 0 Å². The summed E-state index contributed by atoms with van der Waals surface area (Å²) in [6, 6.07) is 7.58. The van der Waals surface area contributed by atoms with Crippen LogP contribution in [0.1, 0.15) is 12.7 Å². The first-order valence-corrected chi connectivity index (χ1v) is 9.89. The van der Waals surface area contributed by atoms with E-state index in [9.17, 15) is 4.79 Å². The topological polar surface area (TPSA) is 75.5 Å². The second kappa shape index (κ2) is 8.48. The molecule has 1 fully saturated rings. The summed E-state index contributed by atoms with van der Waals surface area (Å²) in [5.41, 5.74) is 0.767. The van der Waals surface area contributed by atoms with E-state index in [-0.39, 0.29) is 6.03 Å². The van der Waals surface area contributed by atoms with E-state index in [1.54, 1.807) is 13.3 Å². The molecule has 0 spiro atoms. The number of amides is 2. The van der Waals surface area contributed by atoms with Crippen molar-refractivity contribution in [1.82, 2.24) is 24.3 Å². The summed E-state index contributed by atoms with van der Waals surface area (Å²) in [5, 5.41) is 4.91. The lowest BCUT2D eigenvalue weighted by Gasteiger charge is -2.34. The van der Waals surface area contributed by atoms with Gasteiger partial charge in [-0.15, -0.1) is 0 Å². The zero-order valence-corrected chi connectivity index (χ0v) is 16.8. The number of pyridine rings is 1. The SMILES string of the molecule is CCn1ccnc1CN1CCN(C(=O)Nc2ccc3c(OC)nccc3c2)CC1. The van der Waals surface area contributed by atoms with Crippen LogP contribution in [0, 0.1) is 0 Å². The van der Waals surface area contributed by atoms with Gasteiger partial charge < -0.3 is 19.5 Å². The van der Waals surface area contributed by atoms with Crippen LogP contribution in [0.15, 0.2) is 42.9 Å². The van der Waals surface area contributed by atoms with Crippen molar-refractivity contribution in [3.05, 3.63) is 48.7 Å². The number of aryl methyl sites for hydroxylation is 1. The Morgan fingerprint density at radius 3 is 2.72 bits per heavy atom. The fourth-order valence-corrected chi connectivity index (χ4v) is 3.68. The highest BCUT2D eigenvalue weighted by Gasteiger charge is 2.22. The minimum atomic E-state index is -0.0694. The summed E-state index contributed by atoms with van der Waals surface area (Å²) >= 11 is 0. The molecule has 29 heavy (non-hydrogen) atoms. The van der Waals surface area contributed by atoms with Crippen molar-refractivity contribution in [2.45, 2.75) is 20.0 Å². The molecule has 1 N–H and O–H groups in total. The predicted octanol–water partition coefficient (Wildman–Crippen LogP) is 2.81. The summed E-state index contributed by atoms with van der Waals surface area (Å²) in [6.07, 6.45) is 5.56. The van der Waals surface area contributed by atoms with Crippen molar-refractivity contribution in [3.8, 4) is 5.88 Å². The lowest BCUT2D eigenvalue weighted by molar-refractivity contribution is 0.140. The van der Waals surface area contributed by atoms with Crippen LogP contribution in [-0.4, -0.2) is 63.7 Å². The molecule has 3 aromatic rings. The van der Waals surface area contributed by atoms with E-state index in [0.29, 0.717) is 19.0 Å². The van der Waals surface area contributed by atoms with Crippen LogP contribution in [0.4, 0.5) is 10.5 Å². The maximum absolute atomic E-state index is 12.7. The Bertz CT molecular complexity index is 994. The Morgan fingerprint density at radius 2 is 1.97 bits per heavy atom. The smallest absolute Gasteiger partial charge is 0.321 e. The molecule has 8 heteroatoms. The maximum Gasteiger partial charge on any atom is 0.321 e. The number of fused-ring (bicyclic) bond motifs is 1. The van der Waals surface area contributed by atoms with Gasteiger partial charge in [-0.05, 0) is 36.6 Å². The largest absolute Gasteiger partial charge is 0.481 e. The molecule has 2 aromatic heterocycles. The molecule has 1 aromatic carbocycles. The molecule has 0 bridgehead atoms. The molecule has 1 saturated heterocycles. The number of benzene rings is 1. The predicted molar refractivity (Wildman–Crippen MR) is 112 cm³/mol. The average molecular weight is 394 g/mol. The number of hydrogen-bond acceptors (Lipinski definition) is 5. The molecule has 152 valence electrons. The molecular weight excluding hydrogens is 368 g/mol. The number of imidazole rings is 1. The minimum Gasteiger partial charge on any atom is -0.481 e. The van der Waals surface area contributed by atoms with Gasteiger partial charge in [-0.2, -0.15) is 0 Å². The van der Waals surface area contributed by atoms with Gasteiger partial charge in [0.25, 0.3) is 0 Å². The number of methoxy groups -OCH3 is 1. The van der Waals surface area contributed by atoms with Gasteiger partial charge in [0.1, 0.15) is 5.82 Å². The van der Waals surface area contributed by atoms with Crippen molar-refractivity contribution in [1.29, 1.82) is 0 Å². The van der Waals surface area contributed by atoms with E-state index >= 15 is 0 Å². The number of aromatic nitrogens is 3. The second-order valence-electron chi connectivity index (χ2n) is 7.08. The molecule has 0 unspecified atom stereocenters. The third kappa shape index (κ3) is 4.17. The van der Waals surface area contributed by atoms with Crippen molar-refractivity contribution >= 4 is 22.5 Å². The lowest BCUT2D eigenvalue weighted by Crippen LogP contribution is -2.49. The number of piperazine rings is 1. The lowest BCUT2D eigenvalue weighted by atomic mass is 10.1. The molecule has 3 heterocycles. The first-order valence-electron chi connectivity index (χ1n) is 9.89. The zero-order chi connectivity index (χ0) is 20.2. The highest BCUT2D eigenvalue weighted by molar-refractivity contribution is 5.95. The van der Waals surface area contributed by atoms with Crippen LogP contribution in [0.25, 0.3) is 10.8 Å². The van der Waals surface area contributed by atoms with Crippen LogP contribution in [0.5, 0.6) is 5.88 Å². The first kappa shape index (κ1) is 19.2. The zero-order valence-electron chi connectivity index (χ0n) is 16.8. The molecule has 0 atom stereocenters. The molecule has 0 aliphatic carbocycles. The number of anilines is 1. The molecule has 1 aliphatic rings. The molecule has 0 saturated carbocycles. The fourth-order valence-electron chi connectivity index (χ4n) is 3.68. The fraction of sp³-hybridized carbons (Fsp3) is 0.381. The van der Waals surface area contributed by atoms with Gasteiger partial charge in [0.2, 0.25) is 5.88 Å². The molecule has 8 nitrogen and oxygen atoms in total. The quantitative estimate of drug-likeness (QED) is 0.720. The third-order valence-electron chi connectivity index (χ3n) is 5.34. The number of nitrogens with zero attached hydrogens (tertiary/aromatic N) is 5. The summed E-state index contributed by atoms with van der Waals surface area (Å²) in [6.45, 7) is 6.93. The van der Waals surface area contributed by atoms with Gasteiger partial charge in [-0.1, -0.05) is 0 Å². The minimum absolute atomic E-state index is 0.0694. The van der Waals surface area contributed by atoms with Gasteiger partial charge in [0.05, 0.1) is 13.7 Å². The van der Waals surface area contributed by atoms with Gasteiger partial charge in [-0.25, -0.2) is 14.8 Å². The average Bonchev–Trinajstić information content (AvgIpc) is 3.20. The number of carbonyl (C=O) groups is 1. The van der Waals surface area contributed by atoms with Crippen LogP contribution < -0.4 is 10.1 Å². The Kier molecular flexibility index (Phi) is 5.62. The Labute approximate surface area is 170 Å². The number of nitrogens with one attached hydrogen (secondary N) is 1. The first-order chi connectivity index (χ1) is 14.2. The summed E-state index contributed by atoms with van der Waals surface area (Å²) in [5.74, 6) is 1.66. The van der Waals surface area contributed by atoms with Crippen LogP contribution in [-0.2, 0) is 13.1 Å². The number of hydrogen-bond donors (Lipinski definition) is 1. The normalized spacial score (nSPS) is 14.9. The second-order valence-corrected chi connectivity index (χ2v) is 7.08. The summed E-state index contributed by atoms with van der Waals surface area (Å²) in [4.78, 5) is 25.5. The van der Waals surface area contributed by atoms with Gasteiger partial charge in [-0.3, -0.25) is 4.90 Å². The Hall–Kier alpha value is -3.13.